The van der Waals surface area contributed by atoms with E-state index < -0.39 is 11.9 Å². The minimum Gasteiger partial charge on any atom is -0.460 e. The van der Waals surface area contributed by atoms with Crippen LogP contribution in [0.2, 0.25) is 0 Å². The summed E-state index contributed by atoms with van der Waals surface area (Å²) in [5, 5.41) is 9.60. The second kappa shape index (κ2) is 7.90. The topological polar surface area (TPSA) is 59.3 Å². The van der Waals surface area contributed by atoms with Gasteiger partial charge in [-0.1, -0.05) is 55.8 Å². The molecule has 0 amide bonds. The van der Waals surface area contributed by atoms with Crippen LogP contribution in [0.5, 0.6) is 11.5 Å². The van der Waals surface area contributed by atoms with E-state index >= 15 is 0 Å². The number of ether oxygens (including phenoxy) is 2. The van der Waals surface area contributed by atoms with Crippen LogP contribution in [0, 0.1) is 22.7 Å². The van der Waals surface area contributed by atoms with E-state index in [1.165, 1.54) is 5.57 Å². The lowest BCUT2D eigenvalue weighted by Gasteiger charge is -2.12. The third kappa shape index (κ3) is 4.26. The predicted molar refractivity (Wildman–Crippen MR) is 108 cm³/mol. The van der Waals surface area contributed by atoms with E-state index in [0.29, 0.717) is 17.1 Å². The summed E-state index contributed by atoms with van der Waals surface area (Å²) in [6, 6.07) is 18.5. The van der Waals surface area contributed by atoms with Crippen molar-refractivity contribution in [3.63, 3.8) is 0 Å². The molecular weight excluding hydrogens is 350 g/mol. The van der Waals surface area contributed by atoms with Gasteiger partial charge < -0.3 is 9.47 Å². The third-order valence-corrected chi connectivity index (χ3v) is 5.10. The molecule has 2 aromatic rings. The first-order valence-corrected chi connectivity index (χ1v) is 9.41. The number of rotatable bonds is 6. The Hall–Kier alpha value is -3.06. The normalized spacial score (nSPS) is 20.4. The quantitative estimate of drug-likeness (QED) is 0.486. The lowest BCUT2D eigenvalue weighted by molar-refractivity contribution is -0.146. The van der Waals surface area contributed by atoms with Crippen LogP contribution in [-0.4, -0.2) is 12.1 Å². The van der Waals surface area contributed by atoms with Gasteiger partial charge in [-0.15, -0.1) is 0 Å². The highest BCUT2D eigenvalue weighted by Crippen LogP contribution is 2.55. The van der Waals surface area contributed by atoms with Crippen molar-refractivity contribution >= 4 is 5.97 Å². The molecule has 0 bridgehead atoms. The minimum absolute atomic E-state index is 0.106. The molecule has 2 aromatic carbocycles. The van der Waals surface area contributed by atoms with Crippen LogP contribution in [0.4, 0.5) is 0 Å². The largest absolute Gasteiger partial charge is 0.460 e. The van der Waals surface area contributed by atoms with Crippen molar-refractivity contribution in [3.8, 4) is 17.6 Å². The van der Waals surface area contributed by atoms with E-state index in [1.54, 1.807) is 24.3 Å². The number of carbonyl (C=O) groups excluding carboxylic acids is 1. The van der Waals surface area contributed by atoms with Crippen LogP contribution in [0.1, 0.15) is 39.2 Å². The molecule has 3 atom stereocenters. The second-order valence-electron chi connectivity index (χ2n) is 8.00. The molecule has 0 aromatic heterocycles. The molecule has 0 aliphatic heterocycles. The van der Waals surface area contributed by atoms with Gasteiger partial charge in [-0.05, 0) is 43.7 Å². The number of nitriles is 1. The Morgan fingerprint density at radius 3 is 2.43 bits per heavy atom. The minimum atomic E-state index is -0.983. The zero-order valence-electron chi connectivity index (χ0n) is 16.7. The van der Waals surface area contributed by atoms with E-state index in [2.05, 4.69) is 26.0 Å². The summed E-state index contributed by atoms with van der Waals surface area (Å²) in [5.41, 5.74) is 1.66. The molecule has 3 unspecified atom stereocenters. The van der Waals surface area contributed by atoms with Crippen LogP contribution in [0.25, 0.3) is 0 Å². The van der Waals surface area contributed by atoms with Crippen LogP contribution >= 0.6 is 0 Å². The smallest absolute Gasteiger partial charge is 0.328 e. The maximum atomic E-state index is 12.7. The average Bonchev–Trinajstić information content (AvgIpc) is 3.15. The van der Waals surface area contributed by atoms with Crippen LogP contribution in [0.15, 0.2) is 66.2 Å². The maximum absolute atomic E-state index is 12.7. The van der Waals surface area contributed by atoms with Crippen LogP contribution in [0.3, 0.4) is 0 Å². The van der Waals surface area contributed by atoms with Crippen molar-refractivity contribution in [2.45, 2.75) is 39.7 Å². The molecule has 144 valence electrons. The van der Waals surface area contributed by atoms with Gasteiger partial charge in [0.05, 0.1) is 6.07 Å². The fraction of sp³-hybridized carbons (Fsp3) is 0.333. The monoisotopic (exact) mass is 375 g/mol. The van der Waals surface area contributed by atoms with Crippen LogP contribution in [-0.2, 0) is 9.53 Å². The molecule has 1 aliphatic rings. The van der Waals surface area contributed by atoms with E-state index in [1.807, 2.05) is 44.2 Å². The Bertz CT molecular complexity index is 920. The molecule has 0 N–H and O–H groups in total. The fourth-order valence-electron chi connectivity index (χ4n) is 3.35. The summed E-state index contributed by atoms with van der Waals surface area (Å²) in [4.78, 5) is 12.7. The molecule has 0 spiro atoms. The van der Waals surface area contributed by atoms with Crippen molar-refractivity contribution in [2.24, 2.45) is 11.3 Å². The SMILES string of the molecule is CC(C)=CC1C(OC(=O)C(C#N)c2cccc(Oc3ccccc3)c2)C1(C)C. The first kappa shape index (κ1) is 19.7. The number of carbonyl (C=O) groups is 1. The summed E-state index contributed by atoms with van der Waals surface area (Å²) in [6.07, 6.45) is 1.93. The molecule has 0 radical (unpaired) electrons. The second-order valence-corrected chi connectivity index (χ2v) is 8.00. The predicted octanol–water partition coefficient (Wildman–Crippen LogP) is 5.62. The number of hydrogen-bond acceptors (Lipinski definition) is 4. The Morgan fingerprint density at radius 2 is 1.79 bits per heavy atom. The van der Waals surface area contributed by atoms with Crippen molar-refractivity contribution < 1.29 is 14.3 Å². The molecule has 4 heteroatoms. The molecule has 0 heterocycles. The summed E-state index contributed by atoms with van der Waals surface area (Å²) >= 11 is 0. The van der Waals surface area contributed by atoms with Gasteiger partial charge in [0.1, 0.15) is 17.6 Å². The fourth-order valence-corrected chi connectivity index (χ4v) is 3.35. The van der Waals surface area contributed by atoms with Gasteiger partial charge in [0, 0.05) is 11.3 Å². The van der Waals surface area contributed by atoms with Gasteiger partial charge >= 0.3 is 5.97 Å². The molecule has 1 aliphatic carbocycles. The van der Waals surface area contributed by atoms with Gasteiger partial charge in [0.25, 0.3) is 0 Å². The molecule has 1 saturated carbocycles. The number of para-hydroxylation sites is 1. The Morgan fingerprint density at radius 1 is 1.11 bits per heavy atom. The van der Waals surface area contributed by atoms with E-state index in [-0.39, 0.29) is 17.4 Å². The number of nitrogens with zero attached hydrogens (tertiary/aromatic N) is 1. The average molecular weight is 375 g/mol. The van der Waals surface area contributed by atoms with Gasteiger partial charge in [0.2, 0.25) is 0 Å². The summed E-state index contributed by atoms with van der Waals surface area (Å²) < 4.78 is 11.5. The van der Waals surface area contributed by atoms with Crippen LogP contribution < -0.4 is 4.74 Å². The van der Waals surface area contributed by atoms with Crippen molar-refractivity contribution in [3.05, 3.63) is 71.8 Å². The molecule has 3 rings (SSSR count). The molecule has 4 nitrogen and oxygen atoms in total. The first-order chi connectivity index (χ1) is 13.3. The summed E-state index contributed by atoms with van der Waals surface area (Å²) in [7, 11) is 0. The highest BCUT2D eigenvalue weighted by Gasteiger charge is 2.59. The molecular formula is C24H25NO3. The Balaban J connectivity index is 1.73. The van der Waals surface area contributed by atoms with E-state index in [0.717, 1.165) is 0 Å². The number of hydrogen-bond donors (Lipinski definition) is 0. The highest BCUT2D eigenvalue weighted by atomic mass is 16.6. The first-order valence-electron chi connectivity index (χ1n) is 9.41. The third-order valence-electron chi connectivity index (χ3n) is 5.10. The molecule has 28 heavy (non-hydrogen) atoms. The van der Waals surface area contributed by atoms with Crippen molar-refractivity contribution in [2.75, 3.05) is 0 Å². The molecule has 1 fully saturated rings. The molecule has 0 saturated heterocycles. The van der Waals surface area contributed by atoms with Gasteiger partial charge in [0.15, 0.2) is 5.92 Å². The summed E-state index contributed by atoms with van der Waals surface area (Å²) in [6.45, 7) is 8.21. The Labute approximate surface area is 166 Å². The van der Waals surface area contributed by atoms with Gasteiger partial charge in [-0.3, -0.25) is 4.79 Å². The highest BCUT2D eigenvalue weighted by molar-refractivity contribution is 5.82. The number of esters is 1. The lowest BCUT2D eigenvalue weighted by Crippen LogP contribution is -2.18. The van der Waals surface area contributed by atoms with E-state index in [9.17, 15) is 10.1 Å². The maximum Gasteiger partial charge on any atom is 0.328 e. The van der Waals surface area contributed by atoms with Crippen molar-refractivity contribution in [1.29, 1.82) is 5.26 Å². The number of benzene rings is 2. The van der Waals surface area contributed by atoms with Gasteiger partial charge in [-0.2, -0.15) is 5.26 Å². The number of allylic oxidation sites excluding steroid dienone is 1. The lowest BCUT2D eigenvalue weighted by atomic mass is 10.0. The zero-order valence-corrected chi connectivity index (χ0v) is 16.7. The van der Waals surface area contributed by atoms with Crippen molar-refractivity contribution in [1.82, 2.24) is 0 Å². The zero-order chi connectivity index (χ0) is 20.3. The summed E-state index contributed by atoms with van der Waals surface area (Å²) in [5.74, 6) is -0.0374. The standard InChI is InChI=1S/C24H25NO3/c1-16(2)13-21-22(24(21,3)4)28-23(26)20(15-25)17-9-8-12-19(14-17)27-18-10-6-5-7-11-18/h5-14,20-22H,1-4H3. The van der Waals surface area contributed by atoms with Gasteiger partial charge in [-0.25, -0.2) is 0 Å². The van der Waals surface area contributed by atoms with E-state index in [4.69, 9.17) is 9.47 Å². The Kier molecular flexibility index (Phi) is 5.56.